The number of Topliss-reactive ketones (excluding diaryl/α,β-unsaturated/α-hetero) is 1. The Labute approximate surface area is 115 Å². The van der Waals surface area contributed by atoms with Gasteiger partial charge in [0.15, 0.2) is 5.78 Å². The Morgan fingerprint density at radius 1 is 1.11 bits per heavy atom. The number of hydrogen-bond donors (Lipinski definition) is 0. The highest BCUT2D eigenvalue weighted by Crippen LogP contribution is 2.27. The van der Waals surface area contributed by atoms with Crippen molar-refractivity contribution in [3.63, 3.8) is 0 Å². The van der Waals surface area contributed by atoms with Crippen LogP contribution >= 0.6 is 11.3 Å². The minimum absolute atomic E-state index is 0.0129. The zero-order valence-electron chi connectivity index (χ0n) is 10.8. The summed E-state index contributed by atoms with van der Waals surface area (Å²) in [6.45, 7) is 3.63. The molecule has 0 unspecified atom stereocenters. The lowest BCUT2D eigenvalue weighted by Gasteiger charge is -2.02. The number of aryl methyl sites for hydroxylation is 1. The third kappa shape index (κ3) is 2.29. The Kier molecular flexibility index (Phi) is 2.91. The maximum atomic E-state index is 11.3. The molecule has 19 heavy (non-hydrogen) atoms. The second-order valence-electron chi connectivity index (χ2n) is 4.66. The molecule has 0 saturated carbocycles. The maximum Gasteiger partial charge on any atom is 0.178 e. The molecule has 3 heteroatoms. The zero-order valence-corrected chi connectivity index (χ0v) is 11.6. The number of fused-ring (bicyclic) bond motifs is 1. The van der Waals surface area contributed by atoms with Crippen molar-refractivity contribution < 1.29 is 4.79 Å². The molecule has 2 nitrogen and oxygen atoms in total. The van der Waals surface area contributed by atoms with E-state index in [-0.39, 0.29) is 5.78 Å². The summed E-state index contributed by atoms with van der Waals surface area (Å²) in [7, 11) is 0. The highest BCUT2D eigenvalue weighted by Gasteiger charge is 2.08. The molecule has 3 aromatic rings. The van der Waals surface area contributed by atoms with Gasteiger partial charge in [-0.1, -0.05) is 35.9 Å². The van der Waals surface area contributed by atoms with Crippen molar-refractivity contribution >= 4 is 27.9 Å². The molecule has 2 aromatic carbocycles. The predicted molar refractivity (Wildman–Crippen MR) is 79.8 cm³/mol. The summed E-state index contributed by atoms with van der Waals surface area (Å²) in [5.74, 6) is 0.0129. The van der Waals surface area contributed by atoms with Crippen molar-refractivity contribution in [3.05, 3.63) is 53.0 Å². The SMILES string of the molecule is CC(=O)c1csc(-c2ccc3cc(C)ccc3c2)n1. The number of aromatic nitrogens is 1. The fraction of sp³-hybridized carbons (Fsp3) is 0.125. The Balaban J connectivity index is 2.09. The van der Waals surface area contributed by atoms with Gasteiger partial charge in [-0.2, -0.15) is 0 Å². The molecular weight excluding hydrogens is 254 g/mol. The van der Waals surface area contributed by atoms with Crippen LogP contribution in [-0.4, -0.2) is 10.8 Å². The van der Waals surface area contributed by atoms with Crippen LogP contribution in [0.15, 0.2) is 41.8 Å². The summed E-state index contributed by atoms with van der Waals surface area (Å²) in [4.78, 5) is 15.7. The second-order valence-corrected chi connectivity index (χ2v) is 5.52. The minimum Gasteiger partial charge on any atom is -0.293 e. The van der Waals surface area contributed by atoms with Crippen LogP contribution in [0.3, 0.4) is 0 Å². The fourth-order valence-electron chi connectivity index (χ4n) is 2.07. The molecule has 3 rings (SSSR count). The van der Waals surface area contributed by atoms with Crippen LogP contribution in [0.4, 0.5) is 0 Å². The minimum atomic E-state index is 0.0129. The molecule has 94 valence electrons. The van der Waals surface area contributed by atoms with Gasteiger partial charge >= 0.3 is 0 Å². The molecule has 0 aliphatic heterocycles. The van der Waals surface area contributed by atoms with Crippen LogP contribution in [0.1, 0.15) is 23.0 Å². The van der Waals surface area contributed by atoms with Crippen molar-refractivity contribution in [2.75, 3.05) is 0 Å². The van der Waals surface area contributed by atoms with Gasteiger partial charge in [0.1, 0.15) is 10.7 Å². The van der Waals surface area contributed by atoms with Crippen LogP contribution in [0.2, 0.25) is 0 Å². The predicted octanol–water partition coefficient (Wildman–Crippen LogP) is 4.47. The van der Waals surface area contributed by atoms with Gasteiger partial charge in [-0.15, -0.1) is 11.3 Å². The number of rotatable bonds is 2. The summed E-state index contributed by atoms with van der Waals surface area (Å²) in [5, 5.41) is 5.14. The quantitative estimate of drug-likeness (QED) is 0.641. The van der Waals surface area contributed by atoms with E-state index >= 15 is 0 Å². The first-order valence-electron chi connectivity index (χ1n) is 6.11. The van der Waals surface area contributed by atoms with E-state index in [0.717, 1.165) is 10.6 Å². The number of benzene rings is 2. The number of thiazole rings is 1. The molecular formula is C16H13NOS. The van der Waals surface area contributed by atoms with E-state index in [2.05, 4.69) is 48.3 Å². The standard InChI is InChI=1S/C16H13NOS/c1-10-3-4-13-8-14(6-5-12(13)7-10)16-17-15(9-19-16)11(2)18/h3-9H,1-2H3. The van der Waals surface area contributed by atoms with Gasteiger partial charge in [0, 0.05) is 17.9 Å². The smallest absolute Gasteiger partial charge is 0.178 e. The number of carbonyl (C=O) groups is 1. The second kappa shape index (κ2) is 4.59. The monoisotopic (exact) mass is 267 g/mol. The molecule has 0 atom stereocenters. The lowest BCUT2D eigenvalue weighted by atomic mass is 10.1. The molecule has 0 saturated heterocycles. The molecule has 0 fully saturated rings. The van der Waals surface area contributed by atoms with Crippen molar-refractivity contribution in [2.45, 2.75) is 13.8 Å². The highest BCUT2D eigenvalue weighted by atomic mass is 32.1. The first-order valence-corrected chi connectivity index (χ1v) is 6.99. The molecule has 0 N–H and O–H groups in total. The molecule has 0 aliphatic rings. The zero-order chi connectivity index (χ0) is 13.4. The summed E-state index contributed by atoms with van der Waals surface area (Å²) in [6, 6.07) is 12.7. The number of nitrogens with zero attached hydrogens (tertiary/aromatic N) is 1. The van der Waals surface area contributed by atoms with Crippen LogP contribution < -0.4 is 0 Å². The summed E-state index contributed by atoms with van der Waals surface area (Å²) >= 11 is 1.51. The average Bonchev–Trinajstić information content (AvgIpc) is 2.88. The lowest BCUT2D eigenvalue weighted by Crippen LogP contribution is -1.91. The number of ketones is 1. The van der Waals surface area contributed by atoms with E-state index in [1.54, 1.807) is 6.92 Å². The first kappa shape index (κ1) is 12.1. The van der Waals surface area contributed by atoms with E-state index in [0.29, 0.717) is 5.69 Å². The summed E-state index contributed by atoms with van der Waals surface area (Å²) in [6.07, 6.45) is 0. The molecule has 0 amide bonds. The lowest BCUT2D eigenvalue weighted by molar-refractivity contribution is 0.101. The highest BCUT2D eigenvalue weighted by molar-refractivity contribution is 7.13. The van der Waals surface area contributed by atoms with Gasteiger partial charge in [-0.25, -0.2) is 4.98 Å². The van der Waals surface area contributed by atoms with Gasteiger partial charge in [0.2, 0.25) is 0 Å². The normalized spacial score (nSPS) is 10.8. The van der Waals surface area contributed by atoms with E-state index in [9.17, 15) is 4.79 Å². The van der Waals surface area contributed by atoms with Crippen molar-refractivity contribution in [1.82, 2.24) is 4.98 Å². The Bertz CT molecular complexity index is 773. The van der Waals surface area contributed by atoms with E-state index in [1.807, 2.05) is 5.38 Å². The van der Waals surface area contributed by atoms with Crippen LogP contribution in [-0.2, 0) is 0 Å². The van der Waals surface area contributed by atoms with Crippen molar-refractivity contribution in [1.29, 1.82) is 0 Å². The Hall–Kier alpha value is -2.00. The topological polar surface area (TPSA) is 30.0 Å². The summed E-state index contributed by atoms with van der Waals surface area (Å²) in [5.41, 5.74) is 2.87. The molecule has 0 spiro atoms. The first-order chi connectivity index (χ1) is 9.13. The Morgan fingerprint density at radius 3 is 2.58 bits per heavy atom. The van der Waals surface area contributed by atoms with Gasteiger partial charge in [0.25, 0.3) is 0 Å². The largest absolute Gasteiger partial charge is 0.293 e. The fourth-order valence-corrected chi connectivity index (χ4v) is 2.92. The average molecular weight is 267 g/mol. The van der Waals surface area contributed by atoms with E-state index < -0.39 is 0 Å². The van der Waals surface area contributed by atoms with Gasteiger partial charge in [0.05, 0.1) is 0 Å². The van der Waals surface area contributed by atoms with Gasteiger partial charge < -0.3 is 0 Å². The maximum absolute atomic E-state index is 11.3. The van der Waals surface area contributed by atoms with Crippen LogP contribution in [0.5, 0.6) is 0 Å². The van der Waals surface area contributed by atoms with E-state index in [4.69, 9.17) is 0 Å². The molecule has 0 radical (unpaired) electrons. The molecule has 0 bridgehead atoms. The van der Waals surface area contributed by atoms with Gasteiger partial charge in [-0.05, 0) is 23.8 Å². The number of carbonyl (C=O) groups excluding carboxylic acids is 1. The van der Waals surface area contributed by atoms with Crippen LogP contribution in [0, 0.1) is 6.92 Å². The van der Waals surface area contributed by atoms with Crippen molar-refractivity contribution in [3.8, 4) is 10.6 Å². The number of hydrogen-bond acceptors (Lipinski definition) is 3. The van der Waals surface area contributed by atoms with Gasteiger partial charge in [-0.3, -0.25) is 4.79 Å². The van der Waals surface area contributed by atoms with E-state index in [1.165, 1.54) is 27.7 Å². The third-order valence-electron chi connectivity index (χ3n) is 3.11. The van der Waals surface area contributed by atoms with Crippen molar-refractivity contribution in [2.24, 2.45) is 0 Å². The molecule has 0 aliphatic carbocycles. The summed E-state index contributed by atoms with van der Waals surface area (Å²) < 4.78 is 0. The van der Waals surface area contributed by atoms with Crippen LogP contribution in [0.25, 0.3) is 21.3 Å². The molecule has 1 heterocycles. The third-order valence-corrected chi connectivity index (χ3v) is 4.00. The Morgan fingerprint density at radius 2 is 1.84 bits per heavy atom. The molecule has 1 aromatic heterocycles.